The van der Waals surface area contributed by atoms with Gasteiger partial charge in [0.05, 0.1) is 11.0 Å². The lowest BCUT2D eigenvalue weighted by Gasteiger charge is -2.09. The second-order valence-corrected chi connectivity index (χ2v) is 5.08. The molecule has 1 amide bonds. The number of benzene rings is 1. The largest absolute Gasteiger partial charge is 0.355 e. The summed E-state index contributed by atoms with van der Waals surface area (Å²) in [7, 11) is 0. The maximum Gasteiger partial charge on any atom is 0.240 e. The Balaban J connectivity index is 2.04. The van der Waals surface area contributed by atoms with Gasteiger partial charge in [-0.15, -0.1) is 0 Å². The Morgan fingerprint density at radius 3 is 2.77 bits per heavy atom. The van der Waals surface area contributed by atoms with Crippen LogP contribution in [0.1, 0.15) is 13.3 Å². The molecule has 2 aromatic heterocycles. The van der Waals surface area contributed by atoms with Crippen molar-refractivity contribution in [2.45, 2.75) is 19.9 Å². The highest BCUT2D eigenvalue weighted by molar-refractivity contribution is 5.84. The number of nitrogens with zero attached hydrogens (tertiary/aromatic N) is 3. The van der Waals surface area contributed by atoms with Crippen molar-refractivity contribution in [3.05, 3.63) is 48.7 Å². The Kier molecular flexibility index (Phi) is 4.14. The minimum absolute atomic E-state index is 0.0119. The number of hydrogen-bond donors (Lipinski definition) is 1. The zero-order valence-corrected chi connectivity index (χ0v) is 12.5. The van der Waals surface area contributed by atoms with Crippen molar-refractivity contribution in [3.63, 3.8) is 0 Å². The quantitative estimate of drug-likeness (QED) is 0.787. The number of carbonyl (C=O) groups excluding carboxylic acids is 1. The van der Waals surface area contributed by atoms with Gasteiger partial charge in [0.2, 0.25) is 5.91 Å². The molecule has 1 aromatic carbocycles. The topological polar surface area (TPSA) is 59.8 Å². The van der Waals surface area contributed by atoms with Crippen molar-refractivity contribution in [2.24, 2.45) is 0 Å². The zero-order chi connectivity index (χ0) is 15.4. The van der Waals surface area contributed by atoms with E-state index < -0.39 is 0 Å². The standard InChI is InChI=1S/C17H18N4O/c1-2-10-19-16(22)12-21-15-9-4-3-7-13(15)20-17(21)14-8-5-6-11-18-14/h3-9,11H,2,10,12H2,1H3,(H,19,22). The first kappa shape index (κ1) is 14.3. The smallest absolute Gasteiger partial charge is 0.240 e. The van der Waals surface area contributed by atoms with Gasteiger partial charge in [0, 0.05) is 12.7 Å². The molecule has 112 valence electrons. The van der Waals surface area contributed by atoms with Gasteiger partial charge in [-0.3, -0.25) is 9.78 Å². The summed E-state index contributed by atoms with van der Waals surface area (Å²) in [4.78, 5) is 21.1. The van der Waals surface area contributed by atoms with Crippen LogP contribution < -0.4 is 5.32 Å². The molecule has 0 aliphatic carbocycles. The number of hydrogen-bond acceptors (Lipinski definition) is 3. The molecule has 0 radical (unpaired) electrons. The van der Waals surface area contributed by atoms with Gasteiger partial charge >= 0.3 is 0 Å². The van der Waals surface area contributed by atoms with Crippen LogP contribution in [0, 0.1) is 0 Å². The lowest BCUT2D eigenvalue weighted by atomic mass is 10.3. The average Bonchev–Trinajstić information content (AvgIpc) is 2.92. The fourth-order valence-electron chi connectivity index (χ4n) is 2.39. The minimum atomic E-state index is -0.0119. The van der Waals surface area contributed by atoms with Crippen LogP contribution in [0.25, 0.3) is 22.6 Å². The fraction of sp³-hybridized carbons (Fsp3) is 0.235. The van der Waals surface area contributed by atoms with E-state index in [2.05, 4.69) is 15.3 Å². The first-order valence-corrected chi connectivity index (χ1v) is 7.43. The molecule has 2 heterocycles. The third-order valence-electron chi connectivity index (χ3n) is 3.42. The summed E-state index contributed by atoms with van der Waals surface area (Å²) in [6.45, 7) is 2.96. The molecule has 22 heavy (non-hydrogen) atoms. The number of carbonyl (C=O) groups is 1. The van der Waals surface area contributed by atoms with E-state index in [1.807, 2.05) is 54.0 Å². The molecular weight excluding hydrogens is 276 g/mol. The summed E-state index contributed by atoms with van der Waals surface area (Å²) >= 11 is 0. The predicted octanol–water partition coefficient (Wildman–Crippen LogP) is 2.62. The lowest BCUT2D eigenvalue weighted by Crippen LogP contribution is -2.28. The molecule has 0 saturated heterocycles. The van der Waals surface area contributed by atoms with Crippen LogP contribution in [-0.4, -0.2) is 27.0 Å². The SMILES string of the molecule is CCCNC(=O)Cn1c(-c2ccccn2)nc2ccccc21. The number of nitrogens with one attached hydrogen (secondary N) is 1. The molecule has 0 aliphatic heterocycles. The predicted molar refractivity (Wildman–Crippen MR) is 86.3 cm³/mol. The number of pyridine rings is 1. The first-order valence-electron chi connectivity index (χ1n) is 7.43. The van der Waals surface area contributed by atoms with Gasteiger partial charge in [-0.05, 0) is 30.7 Å². The summed E-state index contributed by atoms with van der Waals surface area (Å²) in [6, 6.07) is 13.5. The van der Waals surface area contributed by atoms with E-state index in [1.54, 1.807) is 6.20 Å². The molecule has 0 atom stereocenters. The molecule has 0 unspecified atom stereocenters. The van der Waals surface area contributed by atoms with Crippen molar-refractivity contribution in [3.8, 4) is 11.5 Å². The van der Waals surface area contributed by atoms with Crippen LogP contribution in [0.4, 0.5) is 0 Å². The van der Waals surface area contributed by atoms with Gasteiger partial charge in [-0.25, -0.2) is 4.98 Å². The van der Waals surface area contributed by atoms with Gasteiger partial charge in [0.25, 0.3) is 0 Å². The van der Waals surface area contributed by atoms with Crippen molar-refractivity contribution < 1.29 is 4.79 Å². The third-order valence-corrected chi connectivity index (χ3v) is 3.42. The van der Waals surface area contributed by atoms with Gasteiger partial charge in [0.1, 0.15) is 12.2 Å². The van der Waals surface area contributed by atoms with Crippen LogP contribution in [0.5, 0.6) is 0 Å². The van der Waals surface area contributed by atoms with Crippen molar-refractivity contribution in [2.75, 3.05) is 6.54 Å². The van der Waals surface area contributed by atoms with Gasteiger partial charge in [-0.2, -0.15) is 0 Å². The number of imidazole rings is 1. The molecule has 0 spiro atoms. The van der Waals surface area contributed by atoms with Crippen molar-refractivity contribution >= 4 is 16.9 Å². The minimum Gasteiger partial charge on any atom is -0.355 e. The van der Waals surface area contributed by atoms with E-state index in [9.17, 15) is 4.79 Å². The lowest BCUT2D eigenvalue weighted by molar-refractivity contribution is -0.121. The van der Waals surface area contributed by atoms with E-state index in [0.29, 0.717) is 12.4 Å². The number of para-hydroxylation sites is 2. The van der Waals surface area contributed by atoms with Crippen LogP contribution in [0.15, 0.2) is 48.7 Å². The van der Waals surface area contributed by atoms with Crippen LogP contribution in [0.3, 0.4) is 0 Å². The van der Waals surface area contributed by atoms with Gasteiger partial charge < -0.3 is 9.88 Å². The van der Waals surface area contributed by atoms with Gasteiger partial charge in [0.15, 0.2) is 5.82 Å². The zero-order valence-electron chi connectivity index (χ0n) is 12.5. The Bertz CT molecular complexity index is 780. The highest BCUT2D eigenvalue weighted by Gasteiger charge is 2.15. The van der Waals surface area contributed by atoms with Crippen molar-refractivity contribution in [1.29, 1.82) is 0 Å². The first-order chi connectivity index (χ1) is 10.8. The van der Waals surface area contributed by atoms with E-state index in [-0.39, 0.29) is 12.5 Å². The molecule has 5 nitrogen and oxygen atoms in total. The number of fused-ring (bicyclic) bond motifs is 1. The highest BCUT2D eigenvalue weighted by Crippen LogP contribution is 2.23. The van der Waals surface area contributed by atoms with E-state index in [1.165, 1.54) is 0 Å². The summed E-state index contributed by atoms with van der Waals surface area (Å²) < 4.78 is 1.92. The Morgan fingerprint density at radius 1 is 1.18 bits per heavy atom. The summed E-state index contributed by atoms with van der Waals surface area (Å²) in [6.07, 6.45) is 2.65. The van der Waals surface area contributed by atoms with Crippen LogP contribution in [-0.2, 0) is 11.3 Å². The summed E-state index contributed by atoms with van der Waals surface area (Å²) in [5.74, 6) is 0.704. The second kappa shape index (κ2) is 6.39. The van der Waals surface area contributed by atoms with Crippen molar-refractivity contribution in [1.82, 2.24) is 19.9 Å². The monoisotopic (exact) mass is 294 g/mol. The third kappa shape index (κ3) is 2.83. The second-order valence-electron chi connectivity index (χ2n) is 5.08. The van der Waals surface area contributed by atoms with E-state index >= 15 is 0 Å². The fourth-order valence-corrected chi connectivity index (χ4v) is 2.39. The maximum absolute atomic E-state index is 12.1. The molecule has 0 fully saturated rings. The van der Waals surface area contributed by atoms with Crippen LogP contribution in [0.2, 0.25) is 0 Å². The Labute approximate surface area is 129 Å². The number of amides is 1. The molecule has 1 N–H and O–H groups in total. The molecule has 0 bridgehead atoms. The molecular formula is C17H18N4O. The average molecular weight is 294 g/mol. The Morgan fingerprint density at radius 2 is 2.00 bits per heavy atom. The molecule has 0 aliphatic rings. The van der Waals surface area contributed by atoms with E-state index in [4.69, 9.17) is 0 Å². The summed E-state index contributed by atoms with van der Waals surface area (Å²) in [5.41, 5.74) is 2.57. The number of aromatic nitrogens is 3. The molecule has 5 heteroatoms. The number of rotatable bonds is 5. The van der Waals surface area contributed by atoms with E-state index in [0.717, 1.165) is 23.1 Å². The molecule has 3 rings (SSSR count). The summed E-state index contributed by atoms with van der Waals surface area (Å²) in [5, 5.41) is 2.91. The Hall–Kier alpha value is -2.69. The normalized spacial score (nSPS) is 10.8. The maximum atomic E-state index is 12.1. The molecule has 3 aromatic rings. The highest BCUT2D eigenvalue weighted by atomic mass is 16.1. The van der Waals surface area contributed by atoms with Crippen LogP contribution >= 0.6 is 0 Å². The van der Waals surface area contributed by atoms with Gasteiger partial charge in [-0.1, -0.05) is 25.1 Å². The molecule has 0 saturated carbocycles.